The van der Waals surface area contributed by atoms with Crippen LogP contribution in [0.15, 0.2) is 48.9 Å². The molecule has 6 nitrogen and oxygen atoms in total. The van der Waals surface area contributed by atoms with Crippen molar-refractivity contribution in [3.8, 4) is 22.5 Å². The van der Waals surface area contributed by atoms with Gasteiger partial charge in [-0.05, 0) is 18.2 Å². The van der Waals surface area contributed by atoms with Crippen molar-refractivity contribution in [3.05, 3.63) is 66.0 Å². The Labute approximate surface area is 144 Å². The summed E-state index contributed by atoms with van der Waals surface area (Å²) in [4.78, 5) is 11.2. The zero-order valence-electron chi connectivity index (χ0n) is 13.0. The van der Waals surface area contributed by atoms with Crippen LogP contribution in [-0.2, 0) is 6.18 Å². The molecule has 9 heteroatoms. The Morgan fingerprint density at radius 1 is 1.12 bits per heavy atom. The fourth-order valence-corrected chi connectivity index (χ4v) is 2.64. The van der Waals surface area contributed by atoms with Gasteiger partial charge in [0.15, 0.2) is 0 Å². The molecule has 0 bridgehead atoms. The van der Waals surface area contributed by atoms with Crippen LogP contribution >= 0.6 is 0 Å². The minimum Gasteiger partial charge on any atom is -0.362 e. The lowest BCUT2D eigenvalue weighted by molar-refractivity contribution is -0.141. The van der Waals surface area contributed by atoms with Crippen molar-refractivity contribution in [1.82, 2.24) is 24.6 Å². The highest BCUT2D eigenvalue weighted by Crippen LogP contribution is 2.33. The third-order valence-electron chi connectivity index (χ3n) is 3.85. The molecule has 4 heterocycles. The number of fused-ring (bicyclic) bond motifs is 1. The smallest absolute Gasteiger partial charge is 0.362 e. The molecule has 0 fully saturated rings. The number of aromatic amines is 1. The van der Waals surface area contributed by atoms with E-state index in [1.54, 1.807) is 22.7 Å². The van der Waals surface area contributed by atoms with E-state index < -0.39 is 11.9 Å². The van der Waals surface area contributed by atoms with E-state index in [1.807, 2.05) is 0 Å². The largest absolute Gasteiger partial charge is 0.433 e. The van der Waals surface area contributed by atoms with Crippen LogP contribution < -0.4 is 0 Å². The SMILES string of the molecule is [C-]#[N+]c1cnc2ccc(-c3cn[nH]c3-c3cccc(C(F)(F)F)n3)cn12. The normalized spacial score (nSPS) is 11.6. The number of nitrogens with one attached hydrogen (secondary N) is 1. The maximum atomic E-state index is 12.9. The van der Waals surface area contributed by atoms with Crippen molar-refractivity contribution >= 4 is 11.5 Å². The third-order valence-corrected chi connectivity index (χ3v) is 3.85. The number of aromatic nitrogens is 5. The van der Waals surface area contributed by atoms with Crippen molar-refractivity contribution in [2.45, 2.75) is 6.18 Å². The first-order valence-corrected chi connectivity index (χ1v) is 7.40. The van der Waals surface area contributed by atoms with Crippen molar-refractivity contribution in [3.63, 3.8) is 0 Å². The summed E-state index contributed by atoms with van der Waals surface area (Å²) in [5.41, 5.74) is 1.35. The van der Waals surface area contributed by atoms with Gasteiger partial charge in [0.05, 0.1) is 30.0 Å². The molecule has 4 aromatic heterocycles. The number of halogens is 3. The standard InChI is InChI=1S/C17H9F3N6/c1-21-15-8-22-14-6-5-10(9-26(14)15)11-7-23-25-16(11)12-3-2-4-13(24-12)17(18,19)20/h2-9H,(H,23,25). The van der Waals surface area contributed by atoms with E-state index in [0.717, 1.165) is 6.07 Å². The molecule has 0 atom stereocenters. The van der Waals surface area contributed by atoms with Gasteiger partial charge in [0.25, 0.3) is 5.82 Å². The van der Waals surface area contributed by atoms with Crippen LogP contribution in [0.3, 0.4) is 0 Å². The fraction of sp³-hybridized carbons (Fsp3) is 0.0588. The number of pyridine rings is 2. The van der Waals surface area contributed by atoms with E-state index in [2.05, 4.69) is 25.0 Å². The summed E-state index contributed by atoms with van der Waals surface area (Å²) in [7, 11) is 0. The molecule has 1 N–H and O–H groups in total. The summed E-state index contributed by atoms with van der Waals surface area (Å²) >= 11 is 0. The van der Waals surface area contributed by atoms with Gasteiger partial charge in [-0.1, -0.05) is 12.6 Å². The van der Waals surface area contributed by atoms with Gasteiger partial charge in [-0.15, -0.1) is 0 Å². The van der Waals surface area contributed by atoms with Crippen LogP contribution in [0.5, 0.6) is 0 Å². The predicted octanol–water partition coefficient (Wildman–Crippen LogP) is 4.36. The van der Waals surface area contributed by atoms with Gasteiger partial charge in [-0.3, -0.25) is 5.10 Å². The Bertz CT molecular complexity index is 1150. The zero-order valence-corrected chi connectivity index (χ0v) is 13.0. The number of H-pyrrole nitrogens is 1. The van der Waals surface area contributed by atoms with Gasteiger partial charge in [0, 0.05) is 17.2 Å². The van der Waals surface area contributed by atoms with Gasteiger partial charge in [-0.2, -0.15) is 18.3 Å². The molecular formula is C17H9F3N6. The molecule has 0 aliphatic heterocycles. The van der Waals surface area contributed by atoms with E-state index in [4.69, 9.17) is 6.57 Å². The molecule has 4 aromatic rings. The van der Waals surface area contributed by atoms with Crippen molar-refractivity contribution < 1.29 is 13.2 Å². The summed E-state index contributed by atoms with van der Waals surface area (Å²) in [6, 6.07) is 7.18. The minimum atomic E-state index is -4.53. The van der Waals surface area contributed by atoms with Crippen LogP contribution in [0.1, 0.15) is 5.69 Å². The van der Waals surface area contributed by atoms with Crippen LogP contribution in [0.4, 0.5) is 19.0 Å². The first-order chi connectivity index (χ1) is 12.5. The van der Waals surface area contributed by atoms with Crippen molar-refractivity contribution in [2.75, 3.05) is 0 Å². The quantitative estimate of drug-likeness (QED) is 0.544. The Kier molecular flexibility index (Phi) is 3.47. The fourth-order valence-electron chi connectivity index (χ4n) is 2.64. The van der Waals surface area contributed by atoms with E-state index in [1.165, 1.54) is 24.5 Å². The molecule has 0 amide bonds. The number of rotatable bonds is 2. The Balaban J connectivity index is 1.85. The first-order valence-electron chi connectivity index (χ1n) is 7.40. The number of hydrogen-bond donors (Lipinski definition) is 1. The highest BCUT2D eigenvalue weighted by Gasteiger charge is 2.32. The molecule has 0 aromatic carbocycles. The second kappa shape index (κ2) is 5.70. The van der Waals surface area contributed by atoms with Gasteiger partial charge in [-0.25, -0.2) is 14.4 Å². The lowest BCUT2D eigenvalue weighted by Crippen LogP contribution is -2.08. The topological polar surface area (TPSA) is 63.2 Å². The predicted molar refractivity (Wildman–Crippen MR) is 87.3 cm³/mol. The maximum absolute atomic E-state index is 12.9. The van der Waals surface area contributed by atoms with E-state index in [9.17, 15) is 13.2 Å². The molecule has 0 unspecified atom stereocenters. The Morgan fingerprint density at radius 2 is 1.96 bits per heavy atom. The number of imidazole rings is 1. The monoisotopic (exact) mass is 354 g/mol. The van der Waals surface area contributed by atoms with Crippen LogP contribution in [0.2, 0.25) is 0 Å². The minimum absolute atomic E-state index is 0.128. The Morgan fingerprint density at radius 3 is 2.73 bits per heavy atom. The average molecular weight is 354 g/mol. The molecule has 0 spiro atoms. The highest BCUT2D eigenvalue weighted by atomic mass is 19.4. The second-order valence-electron chi connectivity index (χ2n) is 5.44. The van der Waals surface area contributed by atoms with Crippen LogP contribution in [-0.4, -0.2) is 24.6 Å². The average Bonchev–Trinajstić information content (AvgIpc) is 3.27. The van der Waals surface area contributed by atoms with E-state index in [-0.39, 0.29) is 5.69 Å². The molecule has 0 saturated heterocycles. The summed E-state index contributed by atoms with van der Waals surface area (Å²) < 4.78 is 40.4. The van der Waals surface area contributed by atoms with E-state index >= 15 is 0 Å². The number of nitrogens with zero attached hydrogens (tertiary/aromatic N) is 5. The van der Waals surface area contributed by atoms with Gasteiger partial charge < -0.3 is 4.85 Å². The molecule has 0 aliphatic rings. The molecule has 128 valence electrons. The van der Waals surface area contributed by atoms with Gasteiger partial charge in [0.1, 0.15) is 5.69 Å². The molecule has 26 heavy (non-hydrogen) atoms. The summed E-state index contributed by atoms with van der Waals surface area (Å²) in [5.74, 6) is 0.337. The first kappa shape index (κ1) is 15.8. The van der Waals surface area contributed by atoms with Crippen LogP contribution in [0.25, 0.3) is 33.0 Å². The summed E-state index contributed by atoms with van der Waals surface area (Å²) in [6.45, 7) is 7.18. The summed E-state index contributed by atoms with van der Waals surface area (Å²) in [5, 5.41) is 6.65. The molecule has 0 radical (unpaired) electrons. The van der Waals surface area contributed by atoms with Gasteiger partial charge >= 0.3 is 6.18 Å². The van der Waals surface area contributed by atoms with E-state index in [0.29, 0.717) is 28.3 Å². The lowest BCUT2D eigenvalue weighted by Gasteiger charge is -2.08. The van der Waals surface area contributed by atoms with Crippen LogP contribution in [0, 0.1) is 6.57 Å². The van der Waals surface area contributed by atoms with Gasteiger partial charge in [0.2, 0.25) is 5.65 Å². The van der Waals surface area contributed by atoms with Crippen molar-refractivity contribution in [1.29, 1.82) is 0 Å². The molecule has 0 aliphatic carbocycles. The van der Waals surface area contributed by atoms with Crippen molar-refractivity contribution in [2.24, 2.45) is 0 Å². The zero-order chi connectivity index (χ0) is 18.3. The third kappa shape index (κ3) is 2.57. The number of alkyl halides is 3. The molecule has 0 saturated carbocycles. The summed E-state index contributed by atoms with van der Waals surface area (Å²) in [6.07, 6.45) is 0.123. The second-order valence-corrected chi connectivity index (χ2v) is 5.44. The Hall–Kier alpha value is -3.67. The number of hydrogen-bond acceptors (Lipinski definition) is 3. The molecular weight excluding hydrogens is 345 g/mol. The maximum Gasteiger partial charge on any atom is 0.433 e. The lowest BCUT2D eigenvalue weighted by atomic mass is 10.1. The highest BCUT2D eigenvalue weighted by molar-refractivity contribution is 5.79. The molecule has 4 rings (SSSR count).